The van der Waals surface area contributed by atoms with Gasteiger partial charge in [-0.2, -0.15) is 0 Å². The number of aliphatic hydroxyl groups excluding tert-OH is 1. The Morgan fingerprint density at radius 3 is 2.95 bits per heavy atom. The van der Waals surface area contributed by atoms with Crippen LogP contribution in [0, 0.1) is 6.92 Å². The van der Waals surface area contributed by atoms with Crippen LogP contribution < -0.4 is 5.32 Å². The number of ether oxygens (including phenoxy) is 1. The van der Waals surface area contributed by atoms with E-state index in [0.29, 0.717) is 13.1 Å². The lowest BCUT2D eigenvalue weighted by Crippen LogP contribution is -2.42. The van der Waals surface area contributed by atoms with Crippen LogP contribution in [0.15, 0.2) is 30.5 Å². The van der Waals surface area contributed by atoms with Crippen molar-refractivity contribution in [3.63, 3.8) is 0 Å². The molecule has 0 radical (unpaired) electrons. The Bertz CT molecular complexity index is 626. The summed E-state index contributed by atoms with van der Waals surface area (Å²) < 4.78 is 5.32. The summed E-state index contributed by atoms with van der Waals surface area (Å²) in [6.45, 7) is 6.60. The fraction of sp³-hybridized carbons (Fsp3) is 0.471. The molecule has 0 aliphatic carbocycles. The average molecular weight is 301 g/mol. The van der Waals surface area contributed by atoms with E-state index in [0.717, 1.165) is 42.9 Å². The van der Waals surface area contributed by atoms with Gasteiger partial charge in [0.1, 0.15) is 0 Å². The van der Waals surface area contributed by atoms with Gasteiger partial charge >= 0.3 is 0 Å². The molecule has 1 aliphatic heterocycles. The summed E-state index contributed by atoms with van der Waals surface area (Å²) in [4.78, 5) is 6.62. The largest absolute Gasteiger partial charge is 0.390 e. The molecule has 1 fully saturated rings. The lowest BCUT2D eigenvalue weighted by atomic mass is 10.1. The number of nitrogens with one attached hydrogen (secondary N) is 1. The summed E-state index contributed by atoms with van der Waals surface area (Å²) in [6, 6.07) is 8.18. The molecule has 0 amide bonds. The lowest BCUT2D eigenvalue weighted by molar-refractivity contribution is 0.0171. The molecule has 1 saturated heterocycles. The molecular weight excluding hydrogens is 278 g/mol. The van der Waals surface area contributed by atoms with Crippen molar-refractivity contribution >= 4 is 16.6 Å². The maximum atomic E-state index is 10.2. The molecule has 1 aromatic heterocycles. The zero-order valence-electron chi connectivity index (χ0n) is 13.0. The summed E-state index contributed by atoms with van der Waals surface area (Å²) in [6.07, 6.45) is 1.40. The van der Waals surface area contributed by atoms with Crippen molar-refractivity contribution in [2.24, 2.45) is 0 Å². The molecular formula is C17H23N3O2. The van der Waals surface area contributed by atoms with Crippen LogP contribution in [0.2, 0.25) is 0 Å². The first-order chi connectivity index (χ1) is 10.7. The Hall–Kier alpha value is -1.69. The molecule has 1 aliphatic rings. The zero-order valence-corrected chi connectivity index (χ0v) is 13.0. The maximum Gasteiger partial charge on any atom is 0.0839 e. The minimum atomic E-state index is -0.397. The molecule has 22 heavy (non-hydrogen) atoms. The van der Waals surface area contributed by atoms with Crippen LogP contribution in [0.1, 0.15) is 5.56 Å². The standard InChI is InChI=1S/C17H23N3O2/c1-13-2-3-16-15(10-13)17(4-5-18-16)19-11-14(21)12-20-6-8-22-9-7-20/h2-5,10,14,21H,6-9,11-12H2,1H3,(H,18,19). The highest BCUT2D eigenvalue weighted by atomic mass is 16.5. The van der Waals surface area contributed by atoms with E-state index >= 15 is 0 Å². The average Bonchev–Trinajstić information content (AvgIpc) is 2.54. The molecule has 0 spiro atoms. The molecule has 5 nitrogen and oxygen atoms in total. The minimum absolute atomic E-state index is 0.397. The number of rotatable bonds is 5. The first-order valence-corrected chi connectivity index (χ1v) is 7.80. The van der Waals surface area contributed by atoms with Gasteiger partial charge in [-0.15, -0.1) is 0 Å². The van der Waals surface area contributed by atoms with E-state index < -0.39 is 6.10 Å². The molecule has 1 atom stereocenters. The molecule has 118 valence electrons. The van der Waals surface area contributed by atoms with Crippen molar-refractivity contribution in [3.8, 4) is 0 Å². The fourth-order valence-corrected chi connectivity index (χ4v) is 2.79. The monoisotopic (exact) mass is 301 g/mol. The van der Waals surface area contributed by atoms with Crippen molar-refractivity contribution in [2.45, 2.75) is 13.0 Å². The van der Waals surface area contributed by atoms with Crippen molar-refractivity contribution in [3.05, 3.63) is 36.0 Å². The highest BCUT2D eigenvalue weighted by molar-refractivity contribution is 5.91. The Labute approximate surface area is 130 Å². The number of aliphatic hydroxyl groups is 1. The maximum absolute atomic E-state index is 10.2. The number of pyridine rings is 1. The van der Waals surface area contributed by atoms with Gasteiger partial charge in [0, 0.05) is 43.4 Å². The smallest absolute Gasteiger partial charge is 0.0839 e. The molecule has 3 rings (SSSR count). The van der Waals surface area contributed by atoms with Gasteiger partial charge in [0.05, 0.1) is 24.8 Å². The van der Waals surface area contributed by atoms with Crippen LogP contribution in [0.3, 0.4) is 0 Å². The number of morpholine rings is 1. The first-order valence-electron chi connectivity index (χ1n) is 7.80. The topological polar surface area (TPSA) is 57.6 Å². The molecule has 0 saturated carbocycles. The summed E-state index contributed by atoms with van der Waals surface area (Å²) in [5, 5.41) is 14.7. The van der Waals surface area contributed by atoms with Crippen LogP contribution in [-0.2, 0) is 4.74 Å². The number of nitrogens with zero attached hydrogens (tertiary/aromatic N) is 2. The van der Waals surface area contributed by atoms with E-state index in [1.54, 1.807) is 6.20 Å². The predicted octanol–water partition coefficient (Wildman–Crippen LogP) is 1.65. The van der Waals surface area contributed by atoms with Crippen molar-refractivity contribution in [1.82, 2.24) is 9.88 Å². The third kappa shape index (κ3) is 3.74. The van der Waals surface area contributed by atoms with Gasteiger partial charge < -0.3 is 15.2 Å². The van der Waals surface area contributed by atoms with Gasteiger partial charge in [0.2, 0.25) is 0 Å². The molecule has 1 aromatic carbocycles. The van der Waals surface area contributed by atoms with Gasteiger partial charge in [-0.1, -0.05) is 11.6 Å². The summed E-state index contributed by atoms with van der Waals surface area (Å²) in [5.74, 6) is 0. The van der Waals surface area contributed by atoms with Crippen molar-refractivity contribution < 1.29 is 9.84 Å². The second-order valence-electron chi connectivity index (χ2n) is 5.83. The number of hydrogen-bond donors (Lipinski definition) is 2. The van der Waals surface area contributed by atoms with Crippen molar-refractivity contribution in [1.29, 1.82) is 0 Å². The zero-order chi connectivity index (χ0) is 15.4. The van der Waals surface area contributed by atoms with E-state index in [9.17, 15) is 5.11 Å². The van der Waals surface area contributed by atoms with Crippen molar-refractivity contribution in [2.75, 3.05) is 44.7 Å². The van der Waals surface area contributed by atoms with Crippen LogP contribution in [0.5, 0.6) is 0 Å². The van der Waals surface area contributed by atoms with Crippen LogP contribution in [0.25, 0.3) is 10.9 Å². The van der Waals surface area contributed by atoms with Crippen LogP contribution in [-0.4, -0.2) is 60.5 Å². The molecule has 2 aromatic rings. The Morgan fingerprint density at radius 1 is 1.32 bits per heavy atom. The van der Waals surface area contributed by atoms with E-state index in [4.69, 9.17) is 4.74 Å². The van der Waals surface area contributed by atoms with E-state index in [2.05, 4.69) is 34.3 Å². The van der Waals surface area contributed by atoms with Gasteiger partial charge in [0.25, 0.3) is 0 Å². The van der Waals surface area contributed by atoms with Gasteiger partial charge in [-0.3, -0.25) is 9.88 Å². The molecule has 2 heterocycles. The Kier molecular flexibility index (Phi) is 4.87. The fourth-order valence-electron chi connectivity index (χ4n) is 2.79. The lowest BCUT2D eigenvalue weighted by Gasteiger charge is -2.28. The number of benzene rings is 1. The summed E-state index contributed by atoms with van der Waals surface area (Å²) in [5.41, 5.74) is 3.20. The summed E-state index contributed by atoms with van der Waals surface area (Å²) in [7, 11) is 0. The number of anilines is 1. The molecule has 0 bridgehead atoms. The quantitative estimate of drug-likeness (QED) is 0.879. The van der Waals surface area contributed by atoms with Crippen LogP contribution >= 0.6 is 0 Å². The Balaban J connectivity index is 1.62. The van der Waals surface area contributed by atoms with E-state index in [-0.39, 0.29) is 0 Å². The number of aryl methyl sites for hydroxylation is 1. The molecule has 1 unspecified atom stereocenters. The number of hydrogen-bond acceptors (Lipinski definition) is 5. The van der Waals surface area contributed by atoms with Gasteiger partial charge in [0.15, 0.2) is 0 Å². The number of aromatic nitrogens is 1. The third-order valence-corrected chi connectivity index (χ3v) is 4.00. The predicted molar refractivity (Wildman–Crippen MR) is 88.2 cm³/mol. The number of β-amino-alcohol motifs (C(OH)–C–C–N with tert-alkyl or cyclic N) is 1. The minimum Gasteiger partial charge on any atom is -0.390 e. The third-order valence-electron chi connectivity index (χ3n) is 4.00. The normalized spacial score (nSPS) is 17.5. The molecule has 2 N–H and O–H groups in total. The second kappa shape index (κ2) is 7.05. The Morgan fingerprint density at radius 2 is 2.14 bits per heavy atom. The highest BCUT2D eigenvalue weighted by Crippen LogP contribution is 2.22. The van der Waals surface area contributed by atoms with E-state index in [1.807, 2.05) is 12.1 Å². The molecule has 5 heteroatoms. The first kappa shape index (κ1) is 15.2. The number of fused-ring (bicyclic) bond motifs is 1. The van der Waals surface area contributed by atoms with Crippen LogP contribution in [0.4, 0.5) is 5.69 Å². The van der Waals surface area contributed by atoms with Gasteiger partial charge in [-0.25, -0.2) is 0 Å². The second-order valence-corrected chi connectivity index (χ2v) is 5.83. The van der Waals surface area contributed by atoms with E-state index in [1.165, 1.54) is 5.56 Å². The highest BCUT2D eigenvalue weighted by Gasteiger charge is 2.15. The SMILES string of the molecule is Cc1ccc2nccc(NCC(O)CN3CCOCC3)c2c1. The summed E-state index contributed by atoms with van der Waals surface area (Å²) >= 11 is 0. The van der Waals surface area contributed by atoms with Gasteiger partial charge in [-0.05, 0) is 25.1 Å².